The first-order chi connectivity index (χ1) is 12.7. The van der Waals surface area contributed by atoms with Crippen LogP contribution in [0.15, 0.2) is 70.4 Å². The van der Waals surface area contributed by atoms with Crippen LogP contribution < -0.4 is 0 Å². The third kappa shape index (κ3) is 3.41. The van der Waals surface area contributed by atoms with Gasteiger partial charge in [-0.2, -0.15) is 0 Å². The molecule has 0 fully saturated rings. The van der Waals surface area contributed by atoms with Crippen LogP contribution in [0.3, 0.4) is 0 Å². The van der Waals surface area contributed by atoms with Crippen molar-refractivity contribution in [3.63, 3.8) is 0 Å². The van der Waals surface area contributed by atoms with Gasteiger partial charge in [0.15, 0.2) is 10.9 Å². The van der Waals surface area contributed by atoms with E-state index in [1.807, 2.05) is 41.8 Å². The van der Waals surface area contributed by atoms with E-state index in [2.05, 4.69) is 46.4 Å². The number of aryl methyl sites for hydroxylation is 2. The predicted molar refractivity (Wildman–Crippen MR) is 102 cm³/mol. The Labute approximate surface area is 156 Å². The highest BCUT2D eigenvalue weighted by Gasteiger charge is 2.13. The normalized spacial score (nSPS) is 11.0. The van der Waals surface area contributed by atoms with Gasteiger partial charge in [0.25, 0.3) is 0 Å². The number of rotatable bonds is 5. The van der Waals surface area contributed by atoms with Crippen LogP contribution in [0.25, 0.3) is 17.0 Å². The van der Waals surface area contributed by atoms with Crippen molar-refractivity contribution in [2.24, 2.45) is 0 Å². The van der Waals surface area contributed by atoms with Crippen LogP contribution in [0.1, 0.15) is 17.3 Å². The van der Waals surface area contributed by atoms with Crippen molar-refractivity contribution in [3.05, 3.63) is 78.1 Å². The Hall–Kier alpha value is -2.86. The number of hydrogen-bond donors (Lipinski definition) is 0. The molecule has 4 aromatic rings. The molecular weight excluding hydrogens is 344 g/mol. The maximum Gasteiger partial charge on any atom is 0.205 e. The smallest absolute Gasteiger partial charge is 0.205 e. The summed E-state index contributed by atoms with van der Waals surface area (Å²) < 4.78 is 7.92. The van der Waals surface area contributed by atoms with Crippen molar-refractivity contribution < 1.29 is 4.42 Å². The number of nitrogens with zero attached hydrogens (tertiary/aromatic N) is 4. The van der Waals surface area contributed by atoms with Gasteiger partial charge in [-0.1, -0.05) is 59.8 Å². The molecule has 2 heterocycles. The van der Waals surface area contributed by atoms with Gasteiger partial charge in [0.05, 0.1) is 11.9 Å². The molecule has 130 valence electrons. The first-order valence-electron chi connectivity index (χ1n) is 8.33. The molecule has 0 saturated heterocycles. The molecule has 0 atom stereocenters. The lowest BCUT2D eigenvalue weighted by Gasteiger charge is -2.08. The highest BCUT2D eigenvalue weighted by Crippen LogP contribution is 2.27. The molecule has 0 radical (unpaired) electrons. The molecular formula is C20H18N4OS. The van der Waals surface area contributed by atoms with Gasteiger partial charge in [-0.05, 0) is 26.0 Å². The molecule has 6 heteroatoms. The van der Waals surface area contributed by atoms with Crippen LogP contribution in [0.4, 0.5) is 0 Å². The first-order valence-corrected chi connectivity index (χ1v) is 9.31. The summed E-state index contributed by atoms with van der Waals surface area (Å²) in [6.07, 6.45) is 1.77. The van der Waals surface area contributed by atoms with E-state index in [9.17, 15) is 0 Å². The second-order valence-corrected chi connectivity index (χ2v) is 6.92. The first kappa shape index (κ1) is 16.6. The molecule has 0 spiro atoms. The van der Waals surface area contributed by atoms with Crippen molar-refractivity contribution in [2.75, 3.05) is 0 Å². The average molecular weight is 362 g/mol. The minimum Gasteiger partial charge on any atom is -0.440 e. The zero-order chi connectivity index (χ0) is 17.9. The third-order valence-electron chi connectivity index (χ3n) is 4.02. The van der Waals surface area contributed by atoms with Crippen molar-refractivity contribution in [2.45, 2.75) is 24.8 Å². The van der Waals surface area contributed by atoms with Crippen molar-refractivity contribution in [1.82, 2.24) is 19.7 Å². The zero-order valence-electron chi connectivity index (χ0n) is 14.6. The quantitative estimate of drug-likeness (QED) is 0.476. The van der Waals surface area contributed by atoms with Gasteiger partial charge in [0.2, 0.25) is 5.89 Å². The molecule has 0 aliphatic heterocycles. The Morgan fingerprint density at radius 1 is 0.962 bits per heavy atom. The fraction of sp³-hybridized carbons (Fsp3) is 0.150. The molecule has 4 rings (SSSR count). The minimum absolute atomic E-state index is 0.594. The molecule has 0 unspecified atom stereocenters. The van der Waals surface area contributed by atoms with Crippen molar-refractivity contribution in [3.8, 4) is 17.0 Å². The van der Waals surface area contributed by atoms with Crippen molar-refractivity contribution >= 4 is 11.8 Å². The Morgan fingerprint density at radius 2 is 1.73 bits per heavy atom. The van der Waals surface area contributed by atoms with Gasteiger partial charge < -0.3 is 4.42 Å². The molecule has 0 N–H and O–H groups in total. The van der Waals surface area contributed by atoms with Gasteiger partial charge in [0, 0.05) is 11.3 Å². The highest BCUT2D eigenvalue weighted by molar-refractivity contribution is 7.98. The number of hydrogen-bond acceptors (Lipinski definition) is 5. The van der Waals surface area contributed by atoms with Gasteiger partial charge >= 0.3 is 0 Å². The molecule has 26 heavy (non-hydrogen) atoms. The Morgan fingerprint density at radius 3 is 2.50 bits per heavy atom. The second kappa shape index (κ2) is 7.17. The van der Waals surface area contributed by atoms with Crippen LogP contribution >= 0.6 is 11.8 Å². The molecule has 0 aliphatic carbocycles. The lowest BCUT2D eigenvalue weighted by atomic mass is 10.2. The fourth-order valence-electron chi connectivity index (χ4n) is 2.67. The van der Waals surface area contributed by atoms with E-state index in [4.69, 9.17) is 4.42 Å². The standard InChI is InChI=1S/C20H18N4OS/c1-14-8-10-17(11-9-14)24-15(2)22-23-20(24)26-13-19-21-12-18(25-19)16-6-4-3-5-7-16/h3-12H,13H2,1-2H3. The average Bonchev–Trinajstić information content (AvgIpc) is 3.28. The van der Waals surface area contributed by atoms with E-state index in [1.54, 1.807) is 18.0 Å². The molecule has 2 aromatic heterocycles. The van der Waals surface area contributed by atoms with E-state index in [0.29, 0.717) is 11.6 Å². The summed E-state index contributed by atoms with van der Waals surface area (Å²) in [6.45, 7) is 4.03. The van der Waals surface area contributed by atoms with Crippen LogP contribution in [-0.2, 0) is 5.75 Å². The lowest BCUT2D eigenvalue weighted by Crippen LogP contribution is -1.99. The minimum atomic E-state index is 0.594. The van der Waals surface area contributed by atoms with Gasteiger partial charge in [-0.3, -0.25) is 4.57 Å². The summed E-state index contributed by atoms with van der Waals surface area (Å²) in [6, 6.07) is 18.3. The van der Waals surface area contributed by atoms with Gasteiger partial charge in [0.1, 0.15) is 5.82 Å². The van der Waals surface area contributed by atoms with E-state index in [-0.39, 0.29) is 0 Å². The van der Waals surface area contributed by atoms with Crippen molar-refractivity contribution in [1.29, 1.82) is 0 Å². The fourth-order valence-corrected chi connectivity index (χ4v) is 3.52. The SMILES string of the molecule is Cc1ccc(-n2c(C)nnc2SCc2ncc(-c3ccccc3)o2)cc1. The third-order valence-corrected chi connectivity index (χ3v) is 4.94. The number of aromatic nitrogens is 4. The van der Waals surface area contributed by atoms with Gasteiger partial charge in [-0.15, -0.1) is 10.2 Å². The molecule has 0 bridgehead atoms. The Balaban J connectivity index is 1.53. The van der Waals surface area contributed by atoms with E-state index >= 15 is 0 Å². The molecule has 5 nitrogen and oxygen atoms in total. The van der Waals surface area contributed by atoms with Crippen LogP contribution in [0.2, 0.25) is 0 Å². The lowest BCUT2D eigenvalue weighted by molar-refractivity contribution is 0.529. The van der Waals surface area contributed by atoms with E-state index in [0.717, 1.165) is 28.0 Å². The van der Waals surface area contributed by atoms with E-state index < -0.39 is 0 Å². The summed E-state index contributed by atoms with van der Waals surface area (Å²) in [4.78, 5) is 4.38. The molecule has 0 amide bonds. The summed E-state index contributed by atoms with van der Waals surface area (Å²) >= 11 is 1.56. The van der Waals surface area contributed by atoms with Crippen LogP contribution in [0.5, 0.6) is 0 Å². The van der Waals surface area contributed by atoms with Crippen LogP contribution in [-0.4, -0.2) is 19.7 Å². The summed E-state index contributed by atoms with van der Waals surface area (Å²) in [7, 11) is 0. The second-order valence-electron chi connectivity index (χ2n) is 5.97. The van der Waals surface area contributed by atoms with Gasteiger partial charge in [-0.25, -0.2) is 4.98 Å². The monoisotopic (exact) mass is 362 g/mol. The maximum atomic E-state index is 5.87. The van der Waals surface area contributed by atoms with E-state index in [1.165, 1.54) is 5.56 Å². The Kier molecular flexibility index (Phi) is 4.58. The Bertz CT molecular complexity index is 1010. The van der Waals surface area contributed by atoms with Crippen LogP contribution in [0, 0.1) is 13.8 Å². The summed E-state index contributed by atoms with van der Waals surface area (Å²) in [5.41, 5.74) is 3.30. The topological polar surface area (TPSA) is 56.7 Å². The summed E-state index contributed by atoms with van der Waals surface area (Å²) in [5.74, 6) is 2.90. The number of oxazole rings is 1. The largest absolute Gasteiger partial charge is 0.440 e. The zero-order valence-corrected chi connectivity index (χ0v) is 15.4. The number of benzene rings is 2. The molecule has 0 saturated carbocycles. The predicted octanol–water partition coefficient (Wildman–Crippen LogP) is 4.83. The number of thioether (sulfide) groups is 1. The molecule has 0 aliphatic rings. The summed E-state index contributed by atoms with van der Waals surface area (Å²) in [5, 5.41) is 9.35. The maximum absolute atomic E-state index is 5.87. The highest BCUT2D eigenvalue weighted by atomic mass is 32.2. The molecule has 2 aromatic carbocycles.